The third-order valence-corrected chi connectivity index (χ3v) is 1.90. The number of hydrogen-bond donors (Lipinski definition) is 4. The van der Waals surface area contributed by atoms with Gasteiger partial charge in [-0.3, -0.25) is 10.5 Å². The molecule has 0 radical (unpaired) electrons. The normalized spacial score (nSPS) is 8.62. The minimum atomic E-state index is 1.05. The van der Waals surface area contributed by atoms with E-state index in [4.69, 9.17) is 10.5 Å². The zero-order chi connectivity index (χ0) is 11.6. The van der Waals surface area contributed by atoms with Crippen molar-refractivity contribution < 1.29 is 10.5 Å². The van der Waals surface area contributed by atoms with Crippen LogP contribution in [-0.4, -0.2) is 10.5 Å². The summed E-state index contributed by atoms with van der Waals surface area (Å²) in [6.45, 7) is 0. The molecule has 4 nitrogen and oxygen atoms in total. The maximum absolute atomic E-state index is 6.00. The summed E-state index contributed by atoms with van der Waals surface area (Å²) in [5.74, 6) is 0. The highest BCUT2D eigenvalue weighted by atomic mass is 17.0. The highest BCUT2D eigenvalue weighted by Crippen LogP contribution is 2.08. The standard InChI is InChI=1S/C12H12N2.H2O2/c1-3-7-11(8-4-1)13-14-12-9-5-2-6-10-12;1-2/h1-10,13-14H;1-2H. The highest BCUT2D eigenvalue weighted by Gasteiger charge is 1.88. The molecule has 0 fully saturated rings. The molecule has 4 heteroatoms. The Morgan fingerprint density at radius 2 is 0.875 bits per heavy atom. The van der Waals surface area contributed by atoms with Gasteiger partial charge in [-0.05, 0) is 24.3 Å². The van der Waals surface area contributed by atoms with Gasteiger partial charge in [0, 0.05) is 0 Å². The van der Waals surface area contributed by atoms with E-state index in [1.54, 1.807) is 0 Å². The minimum Gasteiger partial charge on any atom is -0.301 e. The van der Waals surface area contributed by atoms with Crippen LogP contribution in [0.15, 0.2) is 60.7 Å². The lowest BCUT2D eigenvalue weighted by molar-refractivity contribution is -0.176. The van der Waals surface area contributed by atoms with Gasteiger partial charge in [0.15, 0.2) is 0 Å². The van der Waals surface area contributed by atoms with E-state index in [-0.39, 0.29) is 0 Å². The van der Waals surface area contributed by atoms with Gasteiger partial charge in [0.2, 0.25) is 0 Å². The molecule has 2 aromatic carbocycles. The van der Waals surface area contributed by atoms with Crippen LogP contribution in [-0.2, 0) is 0 Å². The first-order valence-corrected chi connectivity index (χ1v) is 4.77. The minimum absolute atomic E-state index is 1.05. The Balaban J connectivity index is 0.000000606. The lowest BCUT2D eigenvalue weighted by Gasteiger charge is -2.08. The second-order valence-electron chi connectivity index (χ2n) is 2.98. The molecular weight excluding hydrogens is 204 g/mol. The van der Waals surface area contributed by atoms with E-state index >= 15 is 0 Å². The van der Waals surface area contributed by atoms with Crippen molar-refractivity contribution in [2.45, 2.75) is 0 Å². The van der Waals surface area contributed by atoms with Crippen LogP contribution in [0.2, 0.25) is 0 Å². The molecule has 0 unspecified atom stereocenters. The summed E-state index contributed by atoms with van der Waals surface area (Å²) in [4.78, 5) is 0. The van der Waals surface area contributed by atoms with Crippen molar-refractivity contribution >= 4 is 11.4 Å². The van der Waals surface area contributed by atoms with Gasteiger partial charge in [-0.1, -0.05) is 36.4 Å². The molecule has 84 valence electrons. The first-order valence-electron chi connectivity index (χ1n) is 4.77. The van der Waals surface area contributed by atoms with E-state index in [1.807, 2.05) is 60.7 Å². The third kappa shape index (κ3) is 4.00. The summed E-state index contributed by atoms with van der Waals surface area (Å²) in [7, 11) is 0. The molecule has 0 aliphatic carbocycles. The van der Waals surface area contributed by atoms with Gasteiger partial charge >= 0.3 is 0 Å². The fourth-order valence-electron chi connectivity index (χ4n) is 1.19. The van der Waals surface area contributed by atoms with Gasteiger partial charge in [0.1, 0.15) is 0 Å². The molecule has 0 atom stereocenters. The average molecular weight is 218 g/mol. The Labute approximate surface area is 94.1 Å². The maximum Gasteiger partial charge on any atom is 0.0539 e. The van der Waals surface area contributed by atoms with Crippen LogP contribution in [0.5, 0.6) is 0 Å². The number of rotatable bonds is 3. The summed E-state index contributed by atoms with van der Waals surface area (Å²) < 4.78 is 0. The average Bonchev–Trinajstić information content (AvgIpc) is 2.41. The largest absolute Gasteiger partial charge is 0.301 e. The zero-order valence-corrected chi connectivity index (χ0v) is 8.67. The Morgan fingerprint density at radius 1 is 0.562 bits per heavy atom. The van der Waals surface area contributed by atoms with Crippen molar-refractivity contribution in [3.63, 3.8) is 0 Å². The Hall–Kier alpha value is -2.04. The molecule has 0 aromatic heterocycles. The summed E-state index contributed by atoms with van der Waals surface area (Å²) in [5, 5.41) is 12.0. The van der Waals surface area contributed by atoms with Crippen LogP contribution in [0.3, 0.4) is 0 Å². The lowest BCUT2D eigenvalue weighted by Crippen LogP contribution is -2.07. The molecule has 0 heterocycles. The number of para-hydroxylation sites is 2. The van der Waals surface area contributed by atoms with Crippen LogP contribution < -0.4 is 10.9 Å². The molecule has 0 saturated carbocycles. The summed E-state index contributed by atoms with van der Waals surface area (Å²) in [6.07, 6.45) is 0. The predicted molar refractivity (Wildman–Crippen MR) is 65.4 cm³/mol. The van der Waals surface area contributed by atoms with Crippen LogP contribution in [0.25, 0.3) is 0 Å². The van der Waals surface area contributed by atoms with E-state index in [1.165, 1.54) is 0 Å². The van der Waals surface area contributed by atoms with E-state index < -0.39 is 0 Å². The molecule has 2 rings (SSSR count). The second kappa shape index (κ2) is 7.28. The van der Waals surface area contributed by atoms with Crippen molar-refractivity contribution in [2.75, 3.05) is 10.9 Å². The first-order chi connectivity index (χ1) is 7.95. The van der Waals surface area contributed by atoms with Crippen LogP contribution >= 0.6 is 0 Å². The molecule has 0 bridgehead atoms. The molecule has 0 aliphatic heterocycles. The van der Waals surface area contributed by atoms with E-state index in [0.29, 0.717) is 0 Å². The van der Waals surface area contributed by atoms with Crippen LogP contribution in [0.1, 0.15) is 0 Å². The molecule has 0 saturated heterocycles. The molecule has 4 N–H and O–H groups in total. The zero-order valence-electron chi connectivity index (χ0n) is 8.67. The van der Waals surface area contributed by atoms with Gasteiger partial charge in [0.05, 0.1) is 11.4 Å². The van der Waals surface area contributed by atoms with E-state index in [9.17, 15) is 0 Å². The summed E-state index contributed by atoms with van der Waals surface area (Å²) >= 11 is 0. The SMILES string of the molecule is OO.c1ccc(NNc2ccccc2)cc1. The van der Waals surface area contributed by atoms with Crippen molar-refractivity contribution in [3.8, 4) is 0 Å². The van der Waals surface area contributed by atoms with Crippen molar-refractivity contribution in [3.05, 3.63) is 60.7 Å². The topological polar surface area (TPSA) is 64.5 Å². The Kier molecular flexibility index (Phi) is 5.47. The summed E-state index contributed by atoms with van der Waals surface area (Å²) in [6, 6.07) is 20.0. The molecule has 0 aliphatic rings. The Morgan fingerprint density at radius 3 is 1.19 bits per heavy atom. The van der Waals surface area contributed by atoms with Gasteiger partial charge in [-0.25, -0.2) is 0 Å². The van der Waals surface area contributed by atoms with Gasteiger partial charge in [0.25, 0.3) is 0 Å². The van der Waals surface area contributed by atoms with Gasteiger partial charge in [-0.15, -0.1) is 0 Å². The number of hydrogen-bond acceptors (Lipinski definition) is 4. The Bertz CT molecular complexity index is 339. The van der Waals surface area contributed by atoms with Crippen LogP contribution in [0.4, 0.5) is 11.4 Å². The monoisotopic (exact) mass is 218 g/mol. The van der Waals surface area contributed by atoms with Crippen LogP contribution in [0, 0.1) is 0 Å². The number of benzene rings is 2. The molecule has 16 heavy (non-hydrogen) atoms. The van der Waals surface area contributed by atoms with Gasteiger partial charge in [-0.2, -0.15) is 0 Å². The van der Waals surface area contributed by atoms with Crippen molar-refractivity contribution in [2.24, 2.45) is 0 Å². The third-order valence-electron chi connectivity index (χ3n) is 1.90. The van der Waals surface area contributed by atoms with Gasteiger partial charge < -0.3 is 10.9 Å². The lowest BCUT2D eigenvalue weighted by atomic mass is 10.3. The molecule has 2 aromatic rings. The van der Waals surface area contributed by atoms with E-state index in [2.05, 4.69) is 10.9 Å². The fourth-order valence-corrected chi connectivity index (χ4v) is 1.19. The molecule has 0 amide bonds. The first kappa shape index (κ1) is 12.0. The molecule has 0 spiro atoms. The number of hydrazine groups is 1. The maximum atomic E-state index is 6.00. The number of nitrogens with one attached hydrogen (secondary N) is 2. The van der Waals surface area contributed by atoms with Crippen molar-refractivity contribution in [1.82, 2.24) is 0 Å². The highest BCUT2D eigenvalue weighted by molar-refractivity contribution is 5.51. The number of anilines is 2. The predicted octanol–water partition coefficient (Wildman–Crippen LogP) is 3.14. The van der Waals surface area contributed by atoms with E-state index in [0.717, 1.165) is 11.4 Å². The molecular formula is C12H14N2O2. The fraction of sp³-hybridized carbons (Fsp3) is 0. The van der Waals surface area contributed by atoms with Crippen molar-refractivity contribution in [1.29, 1.82) is 0 Å². The summed E-state index contributed by atoms with van der Waals surface area (Å²) in [5.41, 5.74) is 8.33. The quantitative estimate of drug-likeness (QED) is 0.472. The smallest absolute Gasteiger partial charge is 0.0539 e. The second-order valence-corrected chi connectivity index (χ2v) is 2.98.